The van der Waals surface area contributed by atoms with Crippen molar-refractivity contribution in [2.75, 3.05) is 6.54 Å². The number of nitrogens with one attached hydrogen (secondary N) is 1. The minimum Gasteiger partial charge on any atom is -0.352 e. The van der Waals surface area contributed by atoms with Crippen molar-refractivity contribution >= 4 is 11.6 Å². The Bertz CT molecular complexity index is 543. The van der Waals surface area contributed by atoms with Gasteiger partial charge in [0.15, 0.2) is 0 Å². The molecule has 0 radical (unpaired) electrons. The average Bonchev–Trinajstić information content (AvgIpc) is 2.94. The molecule has 1 N–H and O–H groups in total. The van der Waals surface area contributed by atoms with E-state index in [-0.39, 0.29) is 16.7 Å². The number of halogens is 1. The number of nitro groups is 1. The number of nitrogens with zero attached hydrogens (tertiary/aromatic N) is 1. The van der Waals surface area contributed by atoms with Crippen molar-refractivity contribution in [3.8, 4) is 0 Å². The molecular weight excluding hydrogens is 251 g/mol. The van der Waals surface area contributed by atoms with E-state index < -0.39 is 16.6 Å². The van der Waals surface area contributed by atoms with Crippen LogP contribution in [0.25, 0.3) is 0 Å². The Hall–Kier alpha value is -1.98. The molecule has 0 spiro atoms. The molecule has 19 heavy (non-hydrogen) atoms. The number of rotatable bonds is 4. The molecule has 5 nitrogen and oxygen atoms in total. The van der Waals surface area contributed by atoms with Crippen LogP contribution in [0.2, 0.25) is 0 Å². The Morgan fingerprint density at radius 3 is 2.74 bits per heavy atom. The van der Waals surface area contributed by atoms with E-state index >= 15 is 0 Å². The van der Waals surface area contributed by atoms with Crippen molar-refractivity contribution in [1.82, 2.24) is 5.32 Å². The molecule has 0 saturated heterocycles. The lowest BCUT2D eigenvalue weighted by Crippen LogP contribution is -2.27. The van der Waals surface area contributed by atoms with Crippen LogP contribution in [0.5, 0.6) is 0 Å². The lowest BCUT2D eigenvalue weighted by molar-refractivity contribution is -0.384. The molecule has 1 atom stereocenters. The van der Waals surface area contributed by atoms with Crippen molar-refractivity contribution in [2.45, 2.75) is 20.3 Å². The number of nitro benzene ring substituents is 1. The number of carbonyl (C=O) groups excluding carboxylic acids is 1. The van der Waals surface area contributed by atoms with Crippen LogP contribution in [0.15, 0.2) is 18.2 Å². The highest BCUT2D eigenvalue weighted by molar-refractivity contribution is 5.95. The highest BCUT2D eigenvalue weighted by Crippen LogP contribution is 2.50. The summed E-state index contributed by atoms with van der Waals surface area (Å²) in [7, 11) is 0. The van der Waals surface area contributed by atoms with Gasteiger partial charge < -0.3 is 5.32 Å². The number of amides is 1. The molecule has 102 valence electrons. The summed E-state index contributed by atoms with van der Waals surface area (Å²) in [5.74, 6) is -0.972. The van der Waals surface area contributed by atoms with Gasteiger partial charge in [0.05, 0.1) is 10.5 Å². The lowest BCUT2D eigenvalue weighted by atomic mass is 10.1. The molecule has 0 aliphatic heterocycles. The first kappa shape index (κ1) is 13.5. The second kappa shape index (κ2) is 4.60. The van der Waals surface area contributed by atoms with Crippen molar-refractivity contribution < 1.29 is 14.1 Å². The molecule has 0 aromatic heterocycles. The van der Waals surface area contributed by atoms with Gasteiger partial charge in [-0.1, -0.05) is 13.8 Å². The van der Waals surface area contributed by atoms with Gasteiger partial charge in [0.2, 0.25) is 0 Å². The summed E-state index contributed by atoms with van der Waals surface area (Å²) >= 11 is 0. The summed E-state index contributed by atoms with van der Waals surface area (Å²) in [5.41, 5.74) is -0.361. The van der Waals surface area contributed by atoms with Gasteiger partial charge in [-0.25, -0.2) is 4.39 Å². The molecule has 2 rings (SSSR count). The zero-order valence-electron chi connectivity index (χ0n) is 10.8. The Kier molecular flexibility index (Phi) is 3.26. The first-order valence-electron chi connectivity index (χ1n) is 6.03. The second-order valence-corrected chi connectivity index (χ2v) is 5.52. The predicted octanol–water partition coefficient (Wildman–Crippen LogP) is 2.51. The van der Waals surface area contributed by atoms with Crippen LogP contribution in [0.3, 0.4) is 0 Å². The number of hydrogen-bond acceptors (Lipinski definition) is 3. The van der Waals surface area contributed by atoms with E-state index in [0.717, 1.165) is 24.6 Å². The van der Waals surface area contributed by atoms with Gasteiger partial charge in [-0.2, -0.15) is 0 Å². The van der Waals surface area contributed by atoms with Gasteiger partial charge in [-0.05, 0) is 23.8 Å². The minimum absolute atomic E-state index is 0.217. The van der Waals surface area contributed by atoms with Gasteiger partial charge in [-0.15, -0.1) is 0 Å². The highest BCUT2D eigenvalue weighted by Gasteiger charge is 2.45. The van der Waals surface area contributed by atoms with E-state index in [4.69, 9.17) is 0 Å². The third-order valence-electron chi connectivity index (χ3n) is 3.63. The topological polar surface area (TPSA) is 72.2 Å². The number of non-ortho nitro benzene ring substituents is 1. The van der Waals surface area contributed by atoms with E-state index in [9.17, 15) is 19.3 Å². The molecule has 1 aliphatic rings. The third-order valence-corrected chi connectivity index (χ3v) is 3.63. The Balaban J connectivity index is 2.06. The maximum Gasteiger partial charge on any atom is 0.270 e. The number of hydrogen-bond donors (Lipinski definition) is 1. The highest BCUT2D eigenvalue weighted by atomic mass is 19.1. The summed E-state index contributed by atoms with van der Waals surface area (Å²) in [6, 6.07) is 2.94. The Labute approximate surface area is 110 Å². The molecule has 0 heterocycles. The minimum atomic E-state index is -0.752. The molecule has 1 amide bonds. The maximum absolute atomic E-state index is 13.5. The van der Waals surface area contributed by atoms with E-state index in [1.807, 2.05) is 0 Å². The van der Waals surface area contributed by atoms with Crippen LogP contribution >= 0.6 is 0 Å². The average molecular weight is 266 g/mol. The fourth-order valence-electron chi connectivity index (χ4n) is 2.04. The third kappa shape index (κ3) is 2.89. The van der Waals surface area contributed by atoms with Crippen molar-refractivity contribution in [3.63, 3.8) is 0 Å². The first-order chi connectivity index (χ1) is 8.81. The summed E-state index contributed by atoms with van der Waals surface area (Å²) < 4.78 is 13.5. The summed E-state index contributed by atoms with van der Waals surface area (Å²) in [5, 5.41) is 13.2. The van der Waals surface area contributed by atoms with Gasteiger partial charge in [-0.3, -0.25) is 14.9 Å². The molecule has 1 unspecified atom stereocenters. The fourth-order valence-corrected chi connectivity index (χ4v) is 2.04. The SMILES string of the molecule is CC1(C)CC1CNC(=O)c1cc([N+](=O)[O-])ccc1F. The number of benzene rings is 1. The van der Waals surface area contributed by atoms with Crippen molar-refractivity contribution in [3.05, 3.63) is 39.7 Å². The zero-order chi connectivity index (χ0) is 14.2. The van der Waals surface area contributed by atoms with Gasteiger partial charge in [0, 0.05) is 18.7 Å². The van der Waals surface area contributed by atoms with Crippen LogP contribution < -0.4 is 5.32 Å². The monoisotopic (exact) mass is 266 g/mol. The second-order valence-electron chi connectivity index (χ2n) is 5.52. The Morgan fingerprint density at radius 1 is 1.58 bits per heavy atom. The summed E-state index contributed by atoms with van der Waals surface area (Å²) in [4.78, 5) is 21.8. The van der Waals surface area contributed by atoms with Crippen LogP contribution in [0.1, 0.15) is 30.6 Å². The first-order valence-corrected chi connectivity index (χ1v) is 6.03. The fraction of sp³-hybridized carbons (Fsp3) is 0.462. The van der Waals surface area contributed by atoms with Crippen molar-refractivity contribution in [1.29, 1.82) is 0 Å². The summed E-state index contributed by atoms with van der Waals surface area (Å²) in [6.45, 7) is 4.66. The lowest BCUT2D eigenvalue weighted by Gasteiger charge is -2.07. The quantitative estimate of drug-likeness (QED) is 0.672. The smallest absolute Gasteiger partial charge is 0.270 e. The van der Waals surface area contributed by atoms with Crippen LogP contribution in [0, 0.1) is 27.3 Å². The molecule has 1 aromatic rings. The van der Waals surface area contributed by atoms with E-state index in [2.05, 4.69) is 19.2 Å². The van der Waals surface area contributed by atoms with Crippen LogP contribution in [0.4, 0.5) is 10.1 Å². The summed E-state index contributed by atoms with van der Waals surface area (Å²) in [6.07, 6.45) is 1.02. The van der Waals surface area contributed by atoms with E-state index in [0.29, 0.717) is 12.5 Å². The number of carbonyl (C=O) groups is 1. The van der Waals surface area contributed by atoms with E-state index in [1.54, 1.807) is 0 Å². The molecule has 1 aromatic carbocycles. The van der Waals surface area contributed by atoms with Crippen LogP contribution in [-0.4, -0.2) is 17.4 Å². The molecule has 1 saturated carbocycles. The van der Waals surface area contributed by atoms with Gasteiger partial charge >= 0.3 is 0 Å². The molecule has 1 aliphatic carbocycles. The predicted molar refractivity (Wildman–Crippen MR) is 67.3 cm³/mol. The standard InChI is InChI=1S/C13H15FN2O3/c1-13(2)6-8(13)7-15-12(17)10-5-9(16(18)19)3-4-11(10)14/h3-5,8H,6-7H2,1-2H3,(H,15,17). The molecule has 0 bridgehead atoms. The Morgan fingerprint density at radius 2 is 2.21 bits per heavy atom. The van der Waals surface area contributed by atoms with E-state index in [1.165, 1.54) is 0 Å². The largest absolute Gasteiger partial charge is 0.352 e. The molecular formula is C13H15FN2O3. The maximum atomic E-state index is 13.5. The molecule has 6 heteroatoms. The molecule has 1 fully saturated rings. The normalized spacial score (nSPS) is 19.8. The zero-order valence-corrected chi connectivity index (χ0v) is 10.8. The van der Waals surface area contributed by atoms with Gasteiger partial charge in [0.25, 0.3) is 11.6 Å². The van der Waals surface area contributed by atoms with Crippen LogP contribution in [-0.2, 0) is 0 Å². The van der Waals surface area contributed by atoms with Crippen molar-refractivity contribution in [2.24, 2.45) is 11.3 Å². The van der Waals surface area contributed by atoms with Gasteiger partial charge in [0.1, 0.15) is 5.82 Å².